The molecular formula is C10H8N2OS2. The van der Waals surface area contributed by atoms with E-state index in [1.807, 2.05) is 5.38 Å². The van der Waals surface area contributed by atoms with Gasteiger partial charge in [0.05, 0.1) is 0 Å². The molecule has 0 atom stereocenters. The largest absolute Gasteiger partial charge is 0.294 e. The molecule has 15 heavy (non-hydrogen) atoms. The van der Waals surface area contributed by atoms with E-state index in [0.29, 0.717) is 5.56 Å². The highest BCUT2D eigenvalue weighted by Crippen LogP contribution is 2.29. The quantitative estimate of drug-likeness (QED) is 0.768. The number of nitrogens with zero attached hydrogens (tertiary/aromatic N) is 2. The first-order valence-corrected chi connectivity index (χ1v) is 6.00. The van der Waals surface area contributed by atoms with Crippen molar-refractivity contribution < 1.29 is 4.79 Å². The molecule has 3 nitrogen and oxygen atoms in total. The molecule has 2 rings (SSSR count). The lowest BCUT2D eigenvalue weighted by Crippen LogP contribution is -1.96. The first-order chi connectivity index (χ1) is 7.27. The van der Waals surface area contributed by atoms with Gasteiger partial charge in [-0.25, -0.2) is 9.97 Å². The van der Waals surface area contributed by atoms with Gasteiger partial charge in [-0.05, 0) is 30.8 Å². The summed E-state index contributed by atoms with van der Waals surface area (Å²) in [4.78, 5) is 19.7. The van der Waals surface area contributed by atoms with Crippen molar-refractivity contribution in [1.29, 1.82) is 0 Å². The molecule has 0 aliphatic heterocycles. The van der Waals surface area contributed by atoms with E-state index in [1.165, 1.54) is 23.1 Å². The van der Waals surface area contributed by atoms with E-state index >= 15 is 0 Å². The number of thiazole rings is 1. The Bertz CT molecular complexity index is 468. The molecule has 2 aromatic heterocycles. The zero-order valence-corrected chi connectivity index (χ0v) is 9.64. The van der Waals surface area contributed by atoms with Crippen LogP contribution >= 0.6 is 23.1 Å². The Hall–Kier alpha value is -1.20. The van der Waals surface area contributed by atoms with Crippen LogP contribution in [0.5, 0.6) is 0 Å². The minimum absolute atomic E-state index is 0.0298. The Balaban J connectivity index is 2.32. The standard InChI is InChI=1S/C10H8N2OS2/c1-7(13)8-3-2-4-11-9(8)15-10-12-5-6-14-10/h2-6H,1H3. The lowest BCUT2D eigenvalue weighted by molar-refractivity contribution is 0.101. The summed E-state index contributed by atoms with van der Waals surface area (Å²) in [5, 5.41) is 2.62. The van der Waals surface area contributed by atoms with Crippen molar-refractivity contribution in [2.45, 2.75) is 16.3 Å². The monoisotopic (exact) mass is 236 g/mol. The van der Waals surface area contributed by atoms with Crippen LogP contribution < -0.4 is 0 Å². The topological polar surface area (TPSA) is 42.9 Å². The number of aromatic nitrogens is 2. The van der Waals surface area contributed by atoms with Gasteiger partial charge in [0.1, 0.15) is 5.03 Å². The Labute approximate surface area is 95.6 Å². The van der Waals surface area contributed by atoms with Crippen molar-refractivity contribution in [3.05, 3.63) is 35.5 Å². The minimum Gasteiger partial charge on any atom is -0.294 e. The van der Waals surface area contributed by atoms with Crippen molar-refractivity contribution in [1.82, 2.24) is 9.97 Å². The molecule has 76 valence electrons. The van der Waals surface area contributed by atoms with Crippen molar-refractivity contribution >= 4 is 28.9 Å². The van der Waals surface area contributed by atoms with Crippen LogP contribution in [0.15, 0.2) is 39.3 Å². The predicted molar refractivity (Wildman–Crippen MR) is 60.5 cm³/mol. The van der Waals surface area contributed by atoms with Gasteiger partial charge in [0, 0.05) is 23.3 Å². The van der Waals surface area contributed by atoms with Crippen LogP contribution in [0.25, 0.3) is 0 Å². The number of Topliss-reactive ketones (excluding diaryl/α,β-unsaturated/α-hetero) is 1. The number of hydrogen-bond acceptors (Lipinski definition) is 5. The van der Waals surface area contributed by atoms with Gasteiger partial charge in [0.2, 0.25) is 0 Å². The van der Waals surface area contributed by atoms with E-state index in [1.54, 1.807) is 31.5 Å². The number of rotatable bonds is 3. The van der Waals surface area contributed by atoms with Gasteiger partial charge >= 0.3 is 0 Å². The molecule has 0 N–H and O–H groups in total. The van der Waals surface area contributed by atoms with E-state index < -0.39 is 0 Å². The number of ketones is 1. The molecule has 0 radical (unpaired) electrons. The van der Waals surface area contributed by atoms with Gasteiger partial charge in [-0.3, -0.25) is 4.79 Å². The maximum atomic E-state index is 11.3. The van der Waals surface area contributed by atoms with Gasteiger partial charge in [0.15, 0.2) is 10.1 Å². The van der Waals surface area contributed by atoms with E-state index in [4.69, 9.17) is 0 Å². The number of hydrogen-bond donors (Lipinski definition) is 0. The van der Waals surface area contributed by atoms with Crippen molar-refractivity contribution in [2.75, 3.05) is 0 Å². The molecule has 0 bridgehead atoms. The van der Waals surface area contributed by atoms with Gasteiger partial charge in [-0.15, -0.1) is 11.3 Å². The molecule has 0 saturated heterocycles. The third kappa shape index (κ3) is 2.43. The Morgan fingerprint density at radius 1 is 1.40 bits per heavy atom. The fourth-order valence-corrected chi connectivity index (χ4v) is 2.75. The first kappa shape index (κ1) is 10.3. The highest BCUT2D eigenvalue weighted by Gasteiger charge is 2.10. The molecule has 2 aromatic rings. The average Bonchev–Trinajstić information content (AvgIpc) is 2.71. The lowest BCUT2D eigenvalue weighted by atomic mass is 10.2. The molecule has 0 aliphatic rings. The fourth-order valence-electron chi connectivity index (χ4n) is 1.08. The highest BCUT2D eigenvalue weighted by molar-refractivity contribution is 8.01. The highest BCUT2D eigenvalue weighted by atomic mass is 32.2. The maximum absolute atomic E-state index is 11.3. The van der Waals surface area contributed by atoms with E-state index in [9.17, 15) is 4.79 Å². The maximum Gasteiger partial charge on any atom is 0.162 e. The molecular weight excluding hydrogens is 228 g/mol. The summed E-state index contributed by atoms with van der Waals surface area (Å²) < 4.78 is 0.899. The molecule has 0 amide bonds. The van der Waals surface area contributed by atoms with Gasteiger partial charge in [-0.2, -0.15) is 0 Å². The first-order valence-electron chi connectivity index (χ1n) is 4.30. The number of carbonyl (C=O) groups excluding carboxylic acids is 1. The summed E-state index contributed by atoms with van der Waals surface area (Å²) >= 11 is 2.96. The molecule has 0 spiro atoms. The van der Waals surface area contributed by atoms with E-state index in [-0.39, 0.29) is 5.78 Å². The third-order valence-electron chi connectivity index (χ3n) is 1.74. The van der Waals surface area contributed by atoms with Crippen LogP contribution in [0.2, 0.25) is 0 Å². The second kappa shape index (κ2) is 4.55. The Morgan fingerprint density at radius 3 is 2.93 bits per heavy atom. The van der Waals surface area contributed by atoms with Crippen molar-refractivity contribution in [3.8, 4) is 0 Å². The summed E-state index contributed by atoms with van der Waals surface area (Å²) in [6.07, 6.45) is 3.42. The molecule has 0 aromatic carbocycles. The van der Waals surface area contributed by atoms with Crippen LogP contribution in [0.4, 0.5) is 0 Å². The zero-order chi connectivity index (χ0) is 10.7. The second-order valence-corrected chi connectivity index (χ2v) is 4.94. The van der Waals surface area contributed by atoms with Crippen LogP contribution in [0.1, 0.15) is 17.3 Å². The van der Waals surface area contributed by atoms with E-state index in [2.05, 4.69) is 9.97 Å². The summed E-state index contributed by atoms with van der Waals surface area (Å²) in [7, 11) is 0. The smallest absolute Gasteiger partial charge is 0.162 e. The lowest BCUT2D eigenvalue weighted by Gasteiger charge is -2.01. The normalized spacial score (nSPS) is 10.2. The number of pyridine rings is 1. The Morgan fingerprint density at radius 2 is 2.27 bits per heavy atom. The molecule has 2 heterocycles. The average molecular weight is 236 g/mol. The molecule has 0 unspecified atom stereocenters. The van der Waals surface area contributed by atoms with Crippen LogP contribution in [0.3, 0.4) is 0 Å². The van der Waals surface area contributed by atoms with Crippen molar-refractivity contribution in [3.63, 3.8) is 0 Å². The van der Waals surface area contributed by atoms with Crippen LogP contribution in [-0.2, 0) is 0 Å². The van der Waals surface area contributed by atoms with Gasteiger partial charge < -0.3 is 0 Å². The van der Waals surface area contributed by atoms with Crippen LogP contribution in [-0.4, -0.2) is 15.8 Å². The summed E-state index contributed by atoms with van der Waals surface area (Å²) in [6, 6.07) is 3.55. The van der Waals surface area contributed by atoms with Crippen LogP contribution in [0, 0.1) is 0 Å². The fraction of sp³-hybridized carbons (Fsp3) is 0.100. The van der Waals surface area contributed by atoms with E-state index in [0.717, 1.165) is 9.37 Å². The molecule has 0 aliphatic carbocycles. The summed E-state index contributed by atoms with van der Waals surface area (Å²) in [5.74, 6) is 0.0298. The van der Waals surface area contributed by atoms with Gasteiger partial charge in [0.25, 0.3) is 0 Å². The third-order valence-corrected chi connectivity index (χ3v) is 3.65. The molecule has 0 saturated carbocycles. The molecule has 5 heteroatoms. The predicted octanol–water partition coefficient (Wildman–Crippen LogP) is 2.89. The summed E-state index contributed by atoms with van der Waals surface area (Å²) in [5.41, 5.74) is 0.651. The summed E-state index contributed by atoms with van der Waals surface area (Å²) in [6.45, 7) is 1.54. The Kier molecular flexibility index (Phi) is 3.13. The van der Waals surface area contributed by atoms with Crippen molar-refractivity contribution in [2.24, 2.45) is 0 Å². The van der Waals surface area contributed by atoms with Gasteiger partial charge in [-0.1, -0.05) is 0 Å². The SMILES string of the molecule is CC(=O)c1cccnc1Sc1nccs1. The number of carbonyl (C=O) groups is 1. The molecule has 0 fully saturated rings. The second-order valence-electron chi connectivity index (χ2n) is 2.81. The minimum atomic E-state index is 0.0298. The zero-order valence-electron chi connectivity index (χ0n) is 8.01.